The van der Waals surface area contributed by atoms with E-state index in [0.717, 1.165) is 16.5 Å². The molecular weight excluding hydrogens is 396 g/mol. The van der Waals surface area contributed by atoms with E-state index in [2.05, 4.69) is 0 Å². The van der Waals surface area contributed by atoms with Crippen LogP contribution < -0.4 is 10.5 Å². The van der Waals surface area contributed by atoms with Crippen LogP contribution >= 0.6 is 0 Å². The Morgan fingerprint density at radius 1 is 1.06 bits per heavy atom. The minimum atomic E-state index is -1.67. The molecule has 7 nitrogen and oxygen atoms in total. The van der Waals surface area contributed by atoms with Gasteiger partial charge in [0.2, 0.25) is 0 Å². The molecule has 4 aromatic rings. The number of hydrogen-bond donors (Lipinski definition) is 4. The molecule has 0 bridgehead atoms. The van der Waals surface area contributed by atoms with Crippen molar-refractivity contribution in [2.45, 2.75) is 12.7 Å². The summed E-state index contributed by atoms with van der Waals surface area (Å²) in [5, 5.41) is 27.5. The van der Waals surface area contributed by atoms with Crippen LogP contribution in [0.25, 0.3) is 22.3 Å². The van der Waals surface area contributed by atoms with Crippen molar-refractivity contribution in [3.05, 3.63) is 89.5 Å². The molecule has 0 aliphatic rings. The fourth-order valence-corrected chi connectivity index (χ4v) is 3.36. The molecule has 0 fully saturated rings. The number of aliphatic hydroxyl groups is 1. The minimum Gasteiger partial charge on any atom is -0.488 e. The van der Waals surface area contributed by atoms with Crippen LogP contribution in [-0.4, -0.2) is 22.0 Å². The number of aliphatic hydroxyl groups excluding tert-OH is 1. The summed E-state index contributed by atoms with van der Waals surface area (Å²) >= 11 is 0. The van der Waals surface area contributed by atoms with Crippen molar-refractivity contribution in [2.24, 2.45) is 5.73 Å². The Kier molecular flexibility index (Phi) is 5.43. The van der Waals surface area contributed by atoms with Gasteiger partial charge in [-0.2, -0.15) is 0 Å². The molecule has 3 aromatic carbocycles. The molecule has 1 atom stereocenters. The molecule has 31 heavy (non-hydrogen) atoms. The highest BCUT2D eigenvalue weighted by molar-refractivity contribution is 5.96. The van der Waals surface area contributed by atoms with Crippen molar-refractivity contribution in [1.29, 1.82) is 5.41 Å². The van der Waals surface area contributed by atoms with Crippen LogP contribution in [0.4, 0.5) is 0 Å². The lowest BCUT2D eigenvalue weighted by molar-refractivity contribution is -0.147. The Morgan fingerprint density at radius 2 is 1.84 bits per heavy atom. The van der Waals surface area contributed by atoms with Crippen molar-refractivity contribution >= 4 is 22.8 Å². The average molecular weight is 416 g/mol. The number of hydrogen-bond acceptors (Lipinski definition) is 5. The van der Waals surface area contributed by atoms with Crippen LogP contribution in [0.3, 0.4) is 0 Å². The van der Waals surface area contributed by atoms with Crippen LogP contribution in [0.15, 0.2) is 77.2 Å². The maximum Gasteiger partial charge on any atom is 0.337 e. The molecular formula is C24H20N2O5. The van der Waals surface area contributed by atoms with Crippen LogP contribution in [0.1, 0.15) is 22.8 Å². The molecule has 4 rings (SSSR count). The molecule has 0 radical (unpaired) electrons. The van der Waals surface area contributed by atoms with Gasteiger partial charge in [-0.05, 0) is 24.3 Å². The molecule has 0 saturated heterocycles. The predicted molar refractivity (Wildman–Crippen MR) is 116 cm³/mol. The number of carbonyl (C=O) groups is 1. The van der Waals surface area contributed by atoms with Crippen LogP contribution in [0, 0.1) is 5.41 Å². The number of ether oxygens (including phenoxy) is 1. The van der Waals surface area contributed by atoms with Gasteiger partial charge < -0.3 is 25.1 Å². The summed E-state index contributed by atoms with van der Waals surface area (Å²) in [6.07, 6.45) is -1.67. The first-order valence-electron chi connectivity index (χ1n) is 9.53. The van der Waals surface area contributed by atoms with Crippen molar-refractivity contribution in [1.82, 2.24) is 0 Å². The van der Waals surface area contributed by atoms with E-state index in [1.54, 1.807) is 30.3 Å². The number of fused-ring (bicyclic) bond motifs is 1. The van der Waals surface area contributed by atoms with Crippen molar-refractivity contribution < 1.29 is 24.2 Å². The fraction of sp³-hybridized carbons (Fsp3) is 0.0833. The number of aliphatic carboxylic acids is 1. The molecule has 1 heterocycles. The summed E-state index contributed by atoms with van der Waals surface area (Å²) < 4.78 is 11.8. The molecule has 0 saturated carbocycles. The molecule has 5 N–H and O–H groups in total. The molecule has 1 unspecified atom stereocenters. The van der Waals surface area contributed by atoms with Gasteiger partial charge in [-0.3, -0.25) is 5.41 Å². The van der Waals surface area contributed by atoms with Crippen LogP contribution in [0.2, 0.25) is 0 Å². The first kappa shape index (κ1) is 20.2. The molecule has 0 amide bonds. The van der Waals surface area contributed by atoms with Crippen LogP contribution in [0.5, 0.6) is 5.75 Å². The number of benzene rings is 3. The summed E-state index contributed by atoms with van der Waals surface area (Å²) in [5.74, 6) is -0.431. The molecule has 0 aliphatic heterocycles. The predicted octanol–water partition coefficient (Wildman–Crippen LogP) is 4.08. The van der Waals surface area contributed by atoms with E-state index in [-0.39, 0.29) is 18.0 Å². The number of nitrogens with one attached hydrogen (secondary N) is 1. The molecule has 0 spiro atoms. The first-order chi connectivity index (χ1) is 14.9. The lowest BCUT2D eigenvalue weighted by atomic mass is 10.1. The molecule has 1 aromatic heterocycles. The second-order valence-corrected chi connectivity index (χ2v) is 7.00. The van der Waals surface area contributed by atoms with E-state index in [4.69, 9.17) is 25.4 Å². The van der Waals surface area contributed by atoms with E-state index in [9.17, 15) is 9.90 Å². The number of amidine groups is 1. The highest BCUT2D eigenvalue weighted by Crippen LogP contribution is 2.32. The smallest absolute Gasteiger partial charge is 0.337 e. The Hall–Kier alpha value is -4.10. The second-order valence-electron chi connectivity index (χ2n) is 7.00. The average Bonchev–Trinajstić information content (AvgIpc) is 3.22. The summed E-state index contributed by atoms with van der Waals surface area (Å²) in [7, 11) is 0. The van der Waals surface area contributed by atoms with Gasteiger partial charge in [-0.15, -0.1) is 0 Å². The first-order valence-corrected chi connectivity index (χ1v) is 9.53. The number of furan rings is 1. The van der Waals surface area contributed by atoms with Gasteiger partial charge in [0, 0.05) is 27.6 Å². The Morgan fingerprint density at radius 3 is 2.61 bits per heavy atom. The Bertz CT molecular complexity index is 1280. The SMILES string of the molecule is N=C(N)c1cccc(-c2cc3c(COc4ccccc4C(O)C(=O)O)cccc3o2)c1. The second kappa shape index (κ2) is 8.33. The fourth-order valence-electron chi connectivity index (χ4n) is 3.36. The zero-order valence-electron chi connectivity index (χ0n) is 16.4. The normalized spacial score (nSPS) is 11.9. The van der Waals surface area contributed by atoms with Gasteiger partial charge in [0.25, 0.3) is 0 Å². The topological polar surface area (TPSA) is 130 Å². The van der Waals surface area contributed by atoms with Crippen molar-refractivity contribution in [3.8, 4) is 17.1 Å². The quantitative estimate of drug-likeness (QED) is 0.265. The molecule has 7 heteroatoms. The number of rotatable bonds is 7. The van der Waals surface area contributed by atoms with Crippen molar-refractivity contribution in [3.63, 3.8) is 0 Å². The highest BCUT2D eigenvalue weighted by Gasteiger charge is 2.20. The van der Waals surface area contributed by atoms with Gasteiger partial charge in [-0.25, -0.2) is 4.79 Å². The van der Waals surface area contributed by atoms with Gasteiger partial charge in [0.1, 0.15) is 29.5 Å². The number of carboxylic acid groups (broad SMARTS) is 1. The largest absolute Gasteiger partial charge is 0.488 e. The van der Waals surface area contributed by atoms with Crippen molar-refractivity contribution in [2.75, 3.05) is 0 Å². The summed E-state index contributed by atoms with van der Waals surface area (Å²) in [6, 6.07) is 21.2. The van der Waals surface area contributed by atoms with E-state index in [1.807, 2.05) is 36.4 Å². The van der Waals surface area contributed by atoms with E-state index in [0.29, 0.717) is 22.7 Å². The zero-order chi connectivity index (χ0) is 22.0. The number of para-hydroxylation sites is 1. The third-order valence-corrected chi connectivity index (χ3v) is 4.94. The summed E-state index contributed by atoms with van der Waals surface area (Å²) in [5.41, 5.74) is 8.69. The molecule has 156 valence electrons. The lowest BCUT2D eigenvalue weighted by Crippen LogP contribution is -2.12. The van der Waals surface area contributed by atoms with E-state index in [1.165, 1.54) is 6.07 Å². The third kappa shape index (κ3) is 4.12. The number of carboxylic acids is 1. The van der Waals surface area contributed by atoms with Gasteiger partial charge in [0.05, 0.1) is 0 Å². The van der Waals surface area contributed by atoms with Gasteiger partial charge in [-0.1, -0.05) is 48.5 Å². The summed E-state index contributed by atoms with van der Waals surface area (Å²) in [4.78, 5) is 11.2. The third-order valence-electron chi connectivity index (χ3n) is 4.94. The molecule has 0 aliphatic carbocycles. The minimum absolute atomic E-state index is 0.0192. The lowest BCUT2D eigenvalue weighted by Gasteiger charge is -2.13. The maximum absolute atomic E-state index is 11.2. The van der Waals surface area contributed by atoms with Gasteiger partial charge in [0.15, 0.2) is 6.10 Å². The monoisotopic (exact) mass is 416 g/mol. The highest BCUT2D eigenvalue weighted by atomic mass is 16.5. The van der Waals surface area contributed by atoms with Gasteiger partial charge >= 0.3 is 5.97 Å². The number of nitrogens with two attached hydrogens (primary N) is 1. The maximum atomic E-state index is 11.2. The Balaban J connectivity index is 1.64. The Labute approximate surface area is 177 Å². The number of nitrogen functional groups attached to an aromatic ring is 1. The van der Waals surface area contributed by atoms with E-state index >= 15 is 0 Å². The van der Waals surface area contributed by atoms with E-state index < -0.39 is 12.1 Å². The zero-order valence-corrected chi connectivity index (χ0v) is 16.4. The summed E-state index contributed by atoms with van der Waals surface area (Å²) in [6.45, 7) is 0.160. The standard InChI is InChI=1S/C24H20N2O5/c25-23(26)15-6-3-5-14(11-15)21-12-18-16(7-4-10-20(18)31-21)13-30-19-9-2-1-8-17(19)22(27)24(28)29/h1-12,22,27H,13H2,(H3,25,26)(H,28,29). The van der Waals surface area contributed by atoms with Crippen LogP contribution in [-0.2, 0) is 11.4 Å².